The number of ether oxygens (including phenoxy) is 1. The van der Waals surface area contributed by atoms with Gasteiger partial charge in [0, 0.05) is 6.54 Å². The van der Waals surface area contributed by atoms with E-state index in [4.69, 9.17) is 4.74 Å². The number of aryl methyl sites for hydroxylation is 1. The molecule has 84 valence electrons. The molecule has 0 radical (unpaired) electrons. The zero-order chi connectivity index (χ0) is 11.3. The van der Waals surface area contributed by atoms with E-state index in [9.17, 15) is 0 Å². The van der Waals surface area contributed by atoms with Crippen molar-refractivity contribution in [3.63, 3.8) is 0 Å². The Morgan fingerprint density at radius 1 is 1.33 bits per heavy atom. The van der Waals surface area contributed by atoms with Crippen LogP contribution in [-0.2, 0) is 0 Å². The molecule has 0 bridgehead atoms. The maximum Gasteiger partial charge on any atom is 0.142 e. The third-order valence-corrected chi connectivity index (χ3v) is 2.14. The van der Waals surface area contributed by atoms with E-state index in [0.29, 0.717) is 12.5 Å². The van der Waals surface area contributed by atoms with Crippen molar-refractivity contribution < 1.29 is 4.74 Å². The van der Waals surface area contributed by atoms with E-state index in [1.807, 2.05) is 6.92 Å². The second-order valence-electron chi connectivity index (χ2n) is 4.21. The average Bonchev–Trinajstić information content (AvgIpc) is 2.17. The third kappa shape index (κ3) is 3.82. The first-order valence-electron chi connectivity index (χ1n) is 5.60. The molecule has 0 aliphatic rings. The molecule has 1 rings (SSSR count). The monoisotopic (exact) mass is 207 g/mol. The first-order chi connectivity index (χ1) is 7.13. The summed E-state index contributed by atoms with van der Waals surface area (Å²) >= 11 is 0. The van der Waals surface area contributed by atoms with Crippen LogP contribution in [0.15, 0.2) is 18.2 Å². The highest BCUT2D eigenvalue weighted by Gasteiger charge is 2.03. The SMILES string of the molecule is CCOc1cc(C)ccc1NCC(C)C. The topological polar surface area (TPSA) is 21.3 Å². The molecule has 2 heteroatoms. The van der Waals surface area contributed by atoms with Gasteiger partial charge in [-0.15, -0.1) is 0 Å². The molecule has 0 atom stereocenters. The summed E-state index contributed by atoms with van der Waals surface area (Å²) in [5.41, 5.74) is 2.32. The van der Waals surface area contributed by atoms with Gasteiger partial charge in [-0.05, 0) is 37.5 Å². The van der Waals surface area contributed by atoms with Crippen molar-refractivity contribution in [1.29, 1.82) is 0 Å². The fourth-order valence-electron chi connectivity index (χ4n) is 1.36. The first-order valence-corrected chi connectivity index (χ1v) is 5.60. The first kappa shape index (κ1) is 11.9. The third-order valence-electron chi connectivity index (χ3n) is 2.14. The van der Waals surface area contributed by atoms with Gasteiger partial charge in [-0.3, -0.25) is 0 Å². The Kier molecular flexibility index (Phi) is 4.47. The Hall–Kier alpha value is -1.18. The van der Waals surface area contributed by atoms with Gasteiger partial charge in [0.25, 0.3) is 0 Å². The fourth-order valence-corrected chi connectivity index (χ4v) is 1.36. The summed E-state index contributed by atoms with van der Waals surface area (Å²) in [5.74, 6) is 1.60. The second kappa shape index (κ2) is 5.64. The quantitative estimate of drug-likeness (QED) is 0.798. The van der Waals surface area contributed by atoms with Crippen LogP contribution in [0.1, 0.15) is 26.3 Å². The maximum atomic E-state index is 5.59. The number of nitrogens with one attached hydrogen (secondary N) is 1. The van der Waals surface area contributed by atoms with Crippen LogP contribution in [0.4, 0.5) is 5.69 Å². The molecule has 0 aliphatic carbocycles. The highest BCUT2D eigenvalue weighted by Crippen LogP contribution is 2.25. The van der Waals surface area contributed by atoms with Crippen LogP contribution in [0.2, 0.25) is 0 Å². The van der Waals surface area contributed by atoms with Crippen molar-refractivity contribution in [2.45, 2.75) is 27.7 Å². The zero-order valence-corrected chi connectivity index (χ0v) is 10.1. The summed E-state index contributed by atoms with van der Waals surface area (Å²) in [6, 6.07) is 6.26. The summed E-state index contributed by atoms with van der Waals surface area (Å²) < 4.78 is 5.59. The van der Waals surface area contributed by atoms with Crippen LogP contribution in [0, 0.1) is 12.8 Å². The van der Waals surface area contributed by atoms with Crippen molar-refractivity contribution in [3.05, 3.63) is 23.8 Å². The molecule has 0 amide bonds. The van der Waals surface area contributed by atoms with Crippen molar-refractivity contribution in [1.82, 2.24) is 0 Å². The van der Waals surface area contributed by atoms with E-state index < -0.39 is 0 Å². The average molecular weight is 207 g/mol. The van der Waals surface area contributed by atoms with Gasteiger partial charge in [-0.2, -0.15) is 0 Å². The van der Waals surface area contributed by atoms with Crippen molar-refractivity contribution in [2.75, 3.05) is 18.5 Å². The number of benzene rings is 1. The lowest BCUT2D eigenvalue weighted by Crippen LogP contribution is -2.09. The molecular formula is C13H21NO. The molecule has 1 aromatic carbocycles. The predicted molar refractivity (Wildman–Crippen MR) is 65.7 cm³/mol. The van der Waals surface area contributed by atoms with Crippen LogP contribution < -0.4 is 10.1 Å². The van der Waals surface area contributed by atoms with E-state index >= 15 is 0 Å². The minimum Gasteiger partial charge on any atom is -0.492 e. The molecule has 0 heterocycles. The van der Waals surface area contributed by atoms with Gasteiger partial charge in [0.2, 0.25) is 0 Å². The molecule has 0 saturated heterocycles. The molecule has 0 spiro atoms. The second-order valence-corrected chi connectivity index (χ2v) is 4.21. The van der Waals surface area contributed by atoms with Crippen molar-refractivity contribution >= 4 is 5.69 Å². The summed E-state index contributed by atoms with van der Waals surface area (Å²) in [5, 5.41) is 3.40. The van der Waals surface area contributed by atoms with Gasteiger partial charge in [-0.1, -0.05) is 19.9 Å². The van der Waals surface area contributed by atoms with E-state index in [0.717, 1.165) is 18.0 Å². The summed E-state index contributed by atoms with van der Waals surface area (Å²) in [6.07, 6.45) is 0. The highest BCUT2D eigenvalue weighted by molar-refractivity contribution is 5.57. The van der Waals surface area contributed by atoms with Gasteiger partial charge < -0.3 is 10.1 Å². The Balaban J connectivity index is 2.76. The predicted octanol–water partition coefficient (Wildman–Crippen LogP) is 3.46. The Morgan fingerprint density at radius 3 is 2.67 bits per heavy atom. The molecule has 0 unspecified atom stereocenters. The highest BCUT2D eigenvalue weighted by atomic mass is 16.5. The Bertz CT molecular complexity index is 307. The van der Waals surface area contributed by atoms with Gasteiger partial charge in [-0.25, -0.2) is 0 Å². The number of hydrogen-bond donors (Lipinski definition) is 1. The molecule has 2 nitrogen and oxygen atoms in total. The normalized spacial score (nSPS) is 10.5. The van der Waals surface area contributed by atoms with Crippen molar-refractivity contribution in [3.8, 4) is 5.75 Å². The van der Waals surface area contributed by atoms with Crippen LogP contribution in [0.5, 0.6) is 5.75 Å². The van der Waals surface area contributed by atoms with Crippen molar-refractivity contribution in [2.24, 2.45) is 5.92 Å². The number of rotatable bonds is 5. The Morgan fingerprint density at radius 2 is 2.07 bits per heavy atom. The fraction of sp³-hybridized carbons (Fsp3) is 0.538. The van der Waals surface area contributed by atoms with E-state index in [-0.39, 0.29) is 0 Å². The minimum absolute atomic E-state index is 0.640. The van der Waals surface area contributed by atoms with Gasteiger partial charge >= 0.3 is 0 Å². The van der Waals surface area contributed by atoms with Gasteiger partial charge in [0.15, 0.2) is 0 Å². The molecule has 0 fully saturated rings. The summed E-state index contributed by atoms with van der Waals surface area (Å²) in [6.45, 7) is 10.2. The lowest BCUT2D eigenvalue weighted by Gasteiger charge is -2.14. The zero-order valence-electron chi connectivity index (χ0n) is 10.1. The molecule has 1 aromatic rings. The van der Waals surface area contributed by atoms with Crippen LogP contribution in [-0.4, -0.2) is 13.2 Å². The molecular weight excluding hydrogens is 186 g/mol. The molecule has 0 aromatic heterocycles. The number of anilines is 1. The Labute approximate surface area is 92.6 Å². The number of hydrogen-bond acceptors (Lipinski definition) is 2. The summed E-state index contributed by atoms with van der Waals surface area (Å²) in [4.78, 5) is 0. The summed E-state index contributed by atoms with van der Waals surface area (Å²) in [7, 11) is 0. The lowest BCUT2D eigenvalue weighted by molar-refractivity contribution is 0.341. The molecule has 0 aliphatic heterocycles. The maximum absolute atomic E-state index is 5.59. The van der Waals surface area contributed by atoms with Crippen LogP contribution in [0.3, 0.4) is 0 Å². The lowest BCUT2D eigenvalue weighted by atomic mass is 10.2. The van der Waals surface area contributed by atoms with Crippen LogP contribution in [0.25, 0.3) is 0 Å². The van der Waals surface area contributed by atoms with Gasteiger partial charge in [0.1, 0.15) is 5.75 Å². The van der Waals surface area contributed by atoms with E-state index in [1.54, 1.807) is 0 Å². The molecule has 1 N–H and O–H groups in total. The largest absolute Gasteiger partial charge is 0.492 e. The van der Waals surface area contributed by atoms with E-state index in [2.05, 4.69) is 44.3 Å². The smallest absolute Gasteiger partial charge is 0.142 e. The van der Waals surface area contributed by atoms with E-state index in [1.165, 1.54) is 5.56 Å². The minimum atomic E-state index is 0.640. The standard InChI is InChI=1S/C13H21NO/c1-5-15-13-8-11(4)6-7-12(13)14-9-10(2)3/h6-8,10,14H,5,9H2,1-4H3. The molecule has 0 saturated carbocycles. The van der Waals surface area contributed by atoms with Crippen LogP contribution >= 0.6 is 0 Å². The molecule has 15 heavy (non-hydrogen) atoms. The van der Waals surface area contributed by atoms with Gasteiger partial charge in [0.05, 0.1) is 12.3 Å².